The summed E-state index contributed by atoms with van der Waals surface area (Å²) in [7, 11) is 0. The van der Waals surface area contributed by atoms with E-state index < -0.39 is 17.5 Å². The standard InChI is InChI=1S/C16H10F2N6O/c17-10-2-1-3-11(14(10)18)22-16(25)12-7-24-6-9(4-5-13(24)21-12)15-19-8-20-23-15/h1-8H,(H,22,25)(H,19,20,23). The molecule has 0 bridgehead atoms. The van der Waals surface area contributed by atoms with Crippen molar-refractivity contribution in [2.24, 2.45) is 0 Å². The Hall–Kier alpha value is -3.62. The second-order valence-corrected chi connectivity index (χ2v) is 5.20. The molecule has 3 aromatic heterocycles. The zero-order valence-corrected chi connectivity index (χ0v) is 12.6. The van der Waals surface area contributed by atoms with Crippen LogP contribution in [0.5, 0.6) is 0 Å². The predicted octanol–water partition coefficient (Wildman–Crippen LogP) is 2.65. The van der Waals surface area contributed by atoms with Gasteiger partial charge in [0.05, 0.1) is 5.69 Å². The van der Waals surface area contributed by atoms with Gasteiger partial charge in [-0.15, -0.1) is 0 Å². The first-order chi connectivity index (χ1) is 12.1. The van der Waals surface area contributed by atoms with Crippen molar-refractivity contribution in [2.75, 3.05) is 5.32 Å². The van der Waals surface area contributed by atoms with Crippen molar-refractivity contribution in [3.05, 3.63) is 66.4 Å². The SMILES string of the molecule is O=C(Nc1cccc(F)c1F)c1cn2cc(-c3ncn[nH]3)ccc2n1. The monoisotopic (exact) mass is 340 g/mol. The molecule has 1 amide bonds. The molecule has 0 radical (unpaired) electrons. The van der Waals surface area contributed by atoms with Gasteiger partial charge >= 0.3 is 0 Å². The average Bonchev–Trinajstić information content (AvgIpc) is 3.27. The number of carbonyl (C=O) groups excluding carboxylic acids is 1. The summed E-state index contributed by atoms with van der Waals surface area (Å²) in [4.78, 5) is 20.5. The summed E-state index contributed by atoms with van der Waals surface area (Å²) in [5.41, 5.74) is 1.10. The van der Waals surface area contributed by atoms with E-state index >= 15 is 0 Å². The molecule has 7 nitrogen and oxygen atoms in total. The lowest BCUT2D eigenvalue weighted by Crippen LogP contribution is -2.13. The molecular weight excluding hydrogens is 330 g/mol. The molecule has 0 saturated heterocycles. The average molecular weight is 340 g/mol. The van der Waals surface area contributed by atoms with Gasteiger partial charge in [-0.1, -0.05) is 6.07 Å². The van der Waals surface area contributed by atoms with Gasteiger partial charge in [-0.25, -0.2) is 18.7 Å². The van der Waals surface area contributed by atoms with Crippen molar-refractivity contribution in [1.82, 2.24) is 24.6 Å². The first kappa shape index (κ1) is 14.9. The molecule has 0 aliphatic carbocycles. The number of aromatic nitrogens is 5. The van der Waals surface area contributed by atoms with Gasteiger partial charge in [0.25, 0.3) is 5.91 Å². The van der Waals surface area contributed by atoms with Crippen LogP contribution in [0, 0.1) is 11.6 Å². The third-order valence-corrected chi connectivity index (χ3v) is 3.57. The van der Waals surface area contributed by atoms with Crippen LogP contribution in [-0.2, 0) is 0 Å². The molecule has 0 unspecified atom stereocenters. The fourth-order valence-corrected chi connectivity index (χ4v) is 2.37. The molecule has 9 heteroatoms. The third kappa shape index (κ3) is 2.71. The highest BCUT2D eigenvalue weighted by atomic mass is 19.2. The van der Waals surface area contributed by atoms with Crippen LogP contribution in [0.3, 0.4) is 0 Å². The Morgan fingerprint density at radius 2 is 2.04 bits per heavy atom. The number of hydrogen-bond acceptors (Lipinski definition) is 4. The number of nitrogens with zero attached hydrogens (tertiary/aromatic N) is 4. The zero-order chi connectivity index (χ0) is 17.4. The number of imidazole rings is 1. The molecule has 25 heavy (non-hydrogen) atoms. The number of amides is 1. The number of nitrogens with one attached hydrogen (secondary N) is 2. The van der Waals surface area contributed by atoms with Gasteiger partial charge in [-0.05, 0) is 24.3 Å². The van der Waals surface area contributed by atoms with Crippen LogP contribution in [-0.4, -0.2) is 30.5 Å². The summed E-state index contributed by atoms with van der Waals surface area (Å²) in [6.07, 6.45) is 4.60. The van der Waals surface area contributed by atoms with Crippen LogP contribution in [0.15, 0.2) is 49.1 Å². The van der Waals surface area contributed by atoms with Gasteiger partial charge in [0.1, 0.15) is 17.7 Å². The largest absolute Gasteiger partial charge is 0.318 e. The van der Waals surface area contributed by atoms with E-state index in [1.54, 1.807) is 22.7 Å². The summed E-state index contributed by atoms with van der Waals surface area (Å²) in [6, 6.07) is 7.03. The molecule has 2 N–H and O–H groups in total. The van der Waals surface area contributed by atoms with Gasteiger partial charge in [0, 0.05) is 18.0 Å². The maximum absolute atomic E-state index is 13.7. The molecule has 0 atom stereocenters. The van der Waals surface area contributed by atoms with Crippen LogP contribution in [0.1, 0.15) is 10.5 Å². The van der Waals surface area contributed by atoms with Crippen molar-refractivity contribution >= 4 is 17.2 Å². The molecule has 4 rings (SSSR count). The normalized spacial score (nSPS) is 11.0. The number of aromatic amines is 1. The van der Waals surface area contributed by atoms with Crippen molar-refractivity contribution < 1.29 is 13.6 Å². The molecule has 124 valence electrons. The second-order valence-electron chi connectivity index (χ2n) is 5.20. The minimum atomic E-state index is -1.12. The highest BCUT2D eigenvalue weighted by Gasteiger charge is 2.15. The van der Waals surface area contributed by atoms with Gasteiger partial charge < -0.3 is 9.72 Å². The zero-order valence-electron chi connectivity index (χ0n) is 12.6. The Bertz CT molecular complexity index is 1070. The van der Waals surface area contributed by atoms with Gasteiger partial charge in [-0.3, -0.25) is 9.89 Å². The van der Waals surface area contributed by atoms with Crippen molar-refractivity contribution in [2.45, 2.75) is 0 Å². The van der Waals surface area contributed by atoms with Crippen LogP contribution >= 0.6 is 0 Å². The Labute approximate surface area is 139 Å². The third-order valence-electron chi connectivity index (χ3n) is 3.57. The minimum Gasteiger partial charge on any atom is -0.318 e. The summed E-state index contributed by atoms with van der Waals surface area (Å²) >= 11 is 0. The number of fused-ring (bicyclic) bond motifs is 1. The van der Waals surface area contributed by atoms with Crippen molar-refractivity contribution in [3.63, 3.8) is 0 Å². The van der Waals surface area contributed by atoms with E-state index in [4.69, 9.17) is 0 Å². The molecular formula is C16H10F2N6O. The molecule has 0 fully saturated rings. The highest BCUT2D eigenvalue weighted by Crippen LogP contribution is 2.19. The molecule has 3 heterocycles. The van der Waals surface area contributed by atoms with E-state index in [0.717, 1.165) is 11.6 Å². The number of halogens is 2. The lowest BCUT2D eigenvalue weighted by atomic mass is 10.3. The summed E-state index contributed by atoms with van der Waals surface area (Å²) in [5.74, 6) is -2.23. The first-order valence-corrected chi connectivity index (χ1v) is 7.21. The lowest BCUT2D eigenvalue weighted by molar-refractivity contribution is 0.102. The van der Waals surface area contributed by atoms with Gasteiger partial charge in [0.2, 0.25) is 0 Å². The number of benzene rings is 1. The molecule has 1 aromatic carbocycles. The Balaban J connectivity index is 1.65. The van der Waals surface area contributed by atoms with E-state index in [1.165, 1.54) is 24.7 Å². The molecule has 0 spiro atoms. The highest BCUT2D eigenvalue weighted by molar-refractivity contribution is 6.03. The minimum absolute atomic E-state index is 0.0679. The fourth-order valence-electron chi connectivity index (χ4n) is 2.37. The smallest absolute Gasteiger partial charge is 0.275 e. The molecule has 0 aliphatic heterocycles. The van der Waals surface area contributed by atoms with Crippen LogP contribution in [0.4, 0.5) is 14.5 Å². The van der Waals surface area contributed by atoms with E-state index in [1.807, 2.05) is 0 Å². The van der Waals surface area contributed by atoms with E-state index in [9.17, 15) is 13.6 Å². The van der Waals surface area contributed by atoms with Crippen LogP contribution in [0.2, 0.25) is 0 Å². The first-order valence-electron chi connectivity index (χ1n) is 7.21. The molecule has 4 aromatic rings. The number of H-pyrrole nitrogens is 1. The summed E-state index contributed by atoms with van der Waals surface area (Å²) in [5, 5.41) is 8.84. The molecule has 0 aliphatic rings. The van der Waals surface area contributed by atoms with Gasteiger partial charge in [-0.2, -0.15) is 5.10 Å². The van der Waals surface area contributed by atoms with E-state index in [-0.39, 0.29) is 11.4 Å². The van der Waals surface area contributed by atoms with Crippen LogP contribution in [0.25, 0.3) is 17.0 Å². The second kappa shape index (κ2) is 5.78. The molecule has 0 saturated carbocycles. The van der Waals surface area contributed by atoms with E-state index in [0.29, 0.717) is 11.5 Å². The van der Waals surface area contributed by atoms with Gasteiger partial charge in [0.15, 0.2) is 17.5 Å². The topological polar surface area (TPSA) is 88.0 Å². The lowest BCUT2D eigenvalue weighted by Gasteiger charge is -2.04. The van der Waals surface area contributed by atoms with Crippen LogP contribution < -0.4 is 5.32 Å². The summed E-state index contributed by atoms with van der Waals surface area (Å²) < 4.78 is 28.5. The number of anilines is 1. The fraction of sp³-hybridized carbons (Fsp3) is 0. The predicted molar refractivity (Wildman–Crippen MR) is 84.9 cm³/mol. The number of rotatable bonds is 3. The quantitative estimate of drug-likeness (QED) is 0.600. The number of carbonyl (C=O) groups is 1. The van der Waals surface area contributed by atoms with Crippen molar-refractivity contribution in [1.29, 1.82) is 0 Å². The summed E-state index contributed by atoms with van der Waals surface area (Å²) in [6.45, 7) is 0. The van der Waals surface area contributed by atoms with E-state index in [2.05, 4.69) is 25.5 Å². The Kier molecular flexibility index (Phi) is 3.46. The Morgan fingerprint density at radius 1 is 1.16 bits per heavy atom. The number of pyridine rings is 1. The van der Waals surface area contributed by atoms with Crippen molar-refractivity contribution in [3.8, 4) is 11.4 Å². The number of hydrogen-bond donors (Lipinski definition) is 2. The Morgan fingerprint density at radius 3 is 2.84 bits per heavy atom. The maximum atomic E-state index is 13.7. The maximum Gasteiger partial charge on any atom is 0.275 e.